The third-order valence-corrected chi connectivity index (χ3v) is 21.8. The van der Waals surface area contributed by atoms with Gasteiger partial charge in [0.05, 0.1) is 56.8 Å². The highest BCUT2D eigenvalue weighted by Gasteiger charge is 2.51. The first kappa shape index (κ1) is 104. The smallest absolute Gasteiger partial charge is 0.397 e. The molecule has 1 heterocycles. The molecule has 0 unspecified atom stereocenters. The van der Waals surface area contributed by atoms with E-state index in [1.54, 1.807) is 0 Å². The Hall–Kier alpha value is -2.53. The molecule has 6 N–H and O–H groups in total. The Kier molecular flexibility index (Phi) is 74.3. The van der Waals surface area contributed by atoms with Crippen molar-refractivity contribution in [1.29, 1.82) is 0 Å². The number of nitrogens with one attached hydrogen (secondary N) is 3. The van der Waals surface area contributed by atoms with Crippen molar-refractivity contribution in [1.82, 2.24) is 20.9 Å². The topological polar surface area (TPSA) is 258 Å². The average molecular weight is 1550 g/mol. The van der Waals surface area contributed by atoms with E-state index in [9.17, 15) is 42.4 Å². The molecular weight excluding hydrogens is 1370 g/mol. The van der Waals surface area contributed by atoms with Crippen molar-refractivity contribution in [2.45, 2.75) is 483 Å². The monoisotopic (exact) mass is 1550 g/mol. The molecule has 9 atom stereocenters. The lowest BCUT2D eigenvalue weighted by atomic mass is 9.93. The van der Waals surface area contributed by atoms with Gasteiger partial charge in [0, 0.05) is 19.8 Å². The predicted molar refractivity (Wildman–Crippen MR) is 441 cm³/mol. The van der Waals surface area contributed by atoms with Crippen molar-refractivity contribution < 1.29 is 70.2 Å². The Morgan fingerprint density at radius 3 is 0.925 bits per heavy atom. The Balaban J connectivity index is 0.0000152. The van der Waals surface area contributed by atoms with Gasteiger partial charge in [0.1, 0.15) is 18.2 Å². The van der Waals surface area contributed by atoms with Crippen LogP contribution in [0, 0.1) is 0 Å². The van der Waals surface area contributed by atoms with E-state index in [0.29, 0.717) is 39.1 Å². The van der Waals surface area contributed by atoms with Crippen molar-refractivity contribution in [2.75, 3.05) is 52.7 Å². The fourth-order valence-electron chi connectivity index (χ4n) is 14.5. The number of carbonyl (C=O) groups excluding carboxylic acids is 3. The number of carbonyl (C=O) groups is 4. The van der Waals surface area contributed by atoms with Crippen molar-refractivity contribution in [2.24, 2.45) is 0 Å². The number of carboxylic acid groups (broad SMARTS) is 1. The molecule has 0 radical (unpaired) electrons. The first-order valence-electron chi connectivity index (χ1n) is 45.2. The molecule has 20 heteroatoms. The predicted octanol–water partition coefficient (Wildman–Crippen LogP) is 21.3. The van der Waals surface area contributed by atoms with Crippen LogP contribution >= 0.6 is 0 Å². The third-order valence-electron chi connectivity index (χ3n) is 21.4. The van der Waals surface area contributed by atoms with Crippen LogP contribution in [0.25, 0.3) is 0 Å². The Morgan fingerprint density at radius 2 is 0.664 bits per heavy atom. The fraction of sp³-hybridized carbons (Fsp3) is 0.954. The summed E-state index contributed by atoms with van der Waals surface area (Å²) in [4.78, 5) is 59.3. The van der Waals surface area contributed by atoms with E-state index < -0.39 is 102 Å². The maximum atomic E-state index is 14.8. The largest absolute Gasteiger partial charge is 0.480 e. The Bertz CT molecular complexity index is 2020. The van der Waals surface area contributed by atoms with Gasteiger partial charge in [-0.15, -0.1) is 0 Å². The van der Waals surface area contributed by atoms with Gasteiger partial charge in [0.15, 0.2) is 12.3 Å². The fourth-order valence-corrected chi connectivity index (χ4v) is 15.0. The van der Waals surface area contributed by atoms with E-state index in [0.717, 1.165) is 148 Å². The van der Waals surface area contributed by atoms with Crippen LogP contribution in [0.4, 0.5) is 0 Å². The zero-order valence-corrected chi connectivity index (χ0v) is 71.6. The lowest BCUT2D eigenvalue weighted by Crippen LogP contribution is -2.70. The number of hydrogen-bond acceptors (Lipinski definition) is 14. The van der Waals surface area contributed by atoms with Crippen LogP contribution in [0.1, 0.15) is 428 Å². The van der Waals surface area contributed by atoms with Gasteiger partial charge in [0.2, 0.25) is 17.7 Å². The van der Waals surface area contributed by atoms with Gasteiger partial charge < -0.3 is 54.7 Å². The maximum Gasteiger partial charge on any atom is 0.397 e. The quantitative estimate of drug-likeness (QED) is 0.0244. The van der Waals surface area contributed by atoms with Crippen LogP contribution in [0.5, 0.6) is 0 Å². The number of nitrogens with zero attached hydrogens (tertiary/aromatic N) is 1. The molecule has 636 valence electrons. The Labute approximate surface area is 657 Å². The number of hydrogen-bond donors (Lipinski definition) is 6. The molecular formula is C87H172N4O15S. The molecule has 1 aliphatic rings. The van der Waals surface area contributed by atoms with E-state index in [2.05, 4.69) is 83.2 Å². The summed E-state index contributed by atoms with van der Waals surface area (Å²) in [5.74, 6) is -3.07. The first-order valence-corrected chi connectivity index (χ1v) is 46.6. The number of amides is 3. The van der Waals surface area contributed by atoms with Crippen LogP contribution in [0.3, 0.4) is 0 Å². The van der Waals surface area contributed by atoms with Crippen molar-refractivity contribution >= 4 is 34.1 Å². The lowest BCUT2D eigenvalue weighted by molar-refractivity contribution is -0.247. The summed E-state index contributed by atoms with van der Waals surface area (Å²) in [5, 5.41) is 30.3. The first-order chi connectivity index (χ1) is 52.0. The van der Waals surface area contributed by atoms with E-state index in [-0.39, 0.29) is 19.3 Å². The van der Waals surface area contributed by atoms with Gasteiger partial charge in [-0.1, -0.05) is 371 Å². The molecule has 0 aromatic carbocycles. The average Bonchev–Trinajstić information content (AvgIpc) is 0.780. The number of aliphatic hydroxyl groups excluding tert-OH is 1. The zero-order valence-electron chi connectivity index (χ0n) is 70.8. The lowest BCUT2D eigenvalue weighted by Gasteiger charge is -2.46. The maximum absolute atomic E-state index is 14.8. The second kappa shape index (κ2) is 76.1. The van der Waals surface area contributed by atoms with Gasteiger partial charge in [-0.25, -0.2) is 8.98 Å². The molecule has 0 saturated carbocycles. The molecule has 0 aromatic heterocycles. The van der Waals surface area contributed by atoms with E-state index >= 15 is 0 Å². The molecule has 1 fully saturated rings. The normalized spacial score (nSPS) is 17.2. The van der Waals surface area contributed by atoms with Gasteiger partial charge >= 0.3 is 16.4 Å². The van der Waals surface area contributed by atoms with Crippen LogP contribution in [-0.4, -0.2) is 159 Å². The summed E-state index contributed by atoms with van der Waals surface area (Å²) < 4.78 is 73.5. The third kappa shape index (κ3) is 63.6. The summed E-state index contributed by atoms with van der Waals surface area (Å²) in [5.41, 5.74) is 0. The number of unbranched alkanes of at least 4 members (excludes halogenated alkanes) is 45. The molecule has 0 aliphatic carbocycles. The van der Waals surface area contributed by atoms with E-state index in [1.807, 2.05) is 0 Å². The second-order valence-electron chi connectivity index (χ2n) is 31.2. The van der Waals surface area contributed by atoms with Crippen LogP contribution in [0.15, 0.2) is 0 Å². The highest BCUT2D eigenvalue weighted by atomic mass is 32.3. The molecule has 107 heavy (non-hydrogen) atoms. The highest BCUT2D eigenvalue weighted by Crippen LogP contribution is 2.29. The molecule has 1 aliphatic heterocycles. The molecule has 0 spiro atoms. The SMILES string of the molecule is CCCCCCCCCCC[C@H](CC(=O)N[C@H]1[C@H](OC[C@H](NC(=O)C[C@@H](CCCCCCCCCCC)OCCCCCCCCCC)C(=O)O)O[C@H](CO)[C@@H](OS(=O)(=O)O)[C@H]1NC(=O)C[C@@H](CCCCCCCCCCC)OCCCCCCCCCC)OCCCCCCCCCC.CCN(CC)CC. The van der Waals surface area contributed by atoms with Crippen LogP contribution in [-0.2, 0) is 57.4 Å². The van der Waals surface area contributed by atoms with Gasteiger partial charge in [-0.05, 0) is 58.2 Å². The molecule has 1 saturated heterocycles. The van der Waals surface area contributed by atoms with Crippen molar-refractivity contribution in [3.63, 3.8) is 0 Å². The van der Waals surface area contributed by atoms with E-state index in [1.165, 1.54) is 199 Å². The standard InChI is InChI=1S/C81H157N3O15S.C6H15N/c1-7-13-19-25-31-37-40-46-52-58-69(94-61-55-49-43-34-28-22-16-10-4)64-74(86)82-72(80(89)90)68-97-81-78(84-76(88)66-71(60-54-48-42-39-33-27-21-15-9-3)96-63-57-51-45-36-30-24-18-12-6)77(79(73(67-85)98-81)99-100(91,92)93)83-75(87)65-70(59-53-47-41-38-32-26-20-14-8-2)95-62-56-50-44-35-29-23-17-11-5;1-4-7(5-2)6-3/h69-73,77-79,81,85H,7-68H2,1-6H3,(H,82,86)(H,83,87)(H,84,88)(H,89,90)(H,91,92,93);4-6H2,1-3H3/t69-,70-,71-,72+,73-,77+,78-,79-,81-;/m1./s1. The number of carboxylic acids is 1. The summed E-state index contributed by atoms with van der Waals surface area (Å²) in [6, 6.07) is -4.69. The molecule has 0 aromatic rings. The summed E-state index contributed by atoms with van der Waals surface area (Å²) in [7, 11) is -5.31. The number of ether oxygens (including phenoxy) is 5. The highest BCUT2D eigenvalue weighted by molar-refractivity contribution is 7.80. The van der Waals surface area contributed by atoms with Gasteiger partial charge in [-0.3, -0.25) is 18.9 Å². The molecule has 0 bridgehead atoms. The summed E-state index contributed by atoms with van der Waals surface area (Å²) in [6.07, 6.45) is 52.4. The number of aliphatic hydroxyl groups is 1. The zero-order chi connectivity index (χ0) is 78.9. The van der Waals surface area contributed by atoms with Crippen molar-refractivity contribution in [3.8, 4) is 0 Å². The van der Waals surface area contributed by atoms with E-state index in [4.69, 9.17) is 27.9 Å². The summed E-state index contributed by atoms with van der Waals surface area (Å²) >= 11 is 0. The minimum Gasteiger partial charge on any atom is -0.480 e. The molecule has 1 rings (SSSR count). The second-order valence-corrected chi connectivity index (χ2v) is 32.2. The molecule has 19 nitrogen and oxygen atoms in total. The number of aliphatic carboxylic acids is 1. The van der Waals surface area contributed by atoms with Crippen LogP contribution < -0.4 is 16.0 Å². The minimum atomic E-state index is -5.31. The molecule has 3 amide bonds. The Morgan fingerprint density at radius 1 is 0.393 bits per heavy atom. The van der Waals surface area contributed by atoms with Crippen molar-refractivity contribution in [3.05, 3.63) is 0 Å². The van der Waals surface area contributed by atoms with Gasteiger partial charge in [0.25, 0.3) is 0 Å². The number of rotatable bonds is 79. The van der Waals surface area contributed by atoms with Crippen LogP contribution in [0.2, 0.25) is 0 Å². The minimum absolute atomic E-state index is 0.0734. The van der Waals surface area contributed by atoms with Gasteiger partial charge in [-0.2, -0.15) is 8.42 Å². The summed E-state index contributed by atoms with van der Waals surface area (Å²) in [6.45, 7) is 23.2.